The first kappa shape index (κ1) is 16.7. The van der Waals surface area contributed by atoms with Crippen molar-refractivity contribution in [3.05, 3.63) is 48.1 Å². The van der Waals surface area contributed by atoms with Crippen LogP contribution in [0.5, 0.6) is 0 Å². The van der Waals surface area contributed by atoms with E-state index in [1.807, 2.05) is 0 Å². The highest BCUT2D eigenvalue weighted by Crippen LogP contribution is 2.32. The zero-order valence-electron chi connectivity index (χ0n) is 14.4. The molecule has 0 radical (unpaired) electrons. The van der Waals surface area contributed by atoms with Gasteiger partial charge < -0.3 is 0 Å². The van der Waals surface area contributed by atoms with Crippen LogP contribution in [0.3, 0.4) is 0 Å². The molecule has 0 amide bonds. The van der Waals surface area contributed by atoms with Crippen LogP contribution in [0.4, 0.5) is 17.6 Å². The van der Waals surface area contributed by atoms with E-state index < -0.39 is 23.8 Å². The van der Waals surface area contributed by atoms with Crippen molar-refractivity contribution in [2.24, 2.45) is 0 Å². The van der Waals surface area contributed by atoms with Crippen molar-refractivity contribution in [3.8, 4) is 0 Å². The summed E-state index contributed by atoms with van der Waals surface area (Å²) in [6.07, 6.45) is 0. The van der Waals surface area contributed by atoms with E-state index in [1.54, 1.807) is 24.3 Å². The summed E-state index contributed by atoms with van der Waals surface area (Å²) in [5, 5.41) is 1.12. The Bertz CT molecular complexity index is 1580. The minimum Gasteiger partial charge on any atom is -0.223 e. The molecule has 12 heteroatoms. The molecule has 4 heterocycles. The molecule has 0 unspecified atom stereocenters. The molecule has 6 rings (SSSR count). The van der Waals surface area contributed by atoms with Gasteiger partial charge in [-0.2, -0.15) is 37.5 Å². The van der Waals surface area contributed by atoms with Gasteiger partial charge in [-0.25, -0.2) is 19.9 Å². The van der Waals surface area contributed by atoms with Gasteiger partial charge in [0.2, 0.25) is 22.6 Å². The van der Waals surface area contributed by atoms with Crippen LogP contribution in [0.15, 0.2) is 24.3 Å². The van der Waals surface area contributed by atoms with Crippen LogP contribution >= 0.6 is 0 Å². The van der Waals surface area contributed by atoms with Gasteiger partial charge in [0.15, 0.2) is 0 Å². The molecule has 4 aromatic heterocycles. The van der Waals surface area contributed by atoms with Crippen molar-refractivity contribution in [1.82, 2.24) is 39.9 Å². The molecule has 0 fully saturated rings. The highest BCUT2D eigenvalue weighted by Gasteiger charge is 2.19. The van der Waals surface area contributed by atoms with Crippen LogP contribution in [0.2, 0.25) is 0 Å². The standard InChI is InChI=1S/C18H4F4N8/c19-11-13(21)29-17-15(27-11)23-7-5-3-1-2-4-6(5)8-10(9(7)25-17)26-18-16(24-8)28-12(20)14(22)30-18/h1-4H. The molecule has 0 aliphatic heterocycles. The molecule has 0 bridgehead atoms. The first-order valence-electron chi connectivity index (χ1n) is 8.41. The Kier molecular flexibility index (Phi) is 3.15. The third-order valence-corrected chi connectivity index (χ3v) is 4.54. The topological polar surface area (TPSA) is 103 Å². The Morgan fingerprint density at radius 2 is 0.700 bits per heavy atom. The zero-order chi connectivity index (χ0) is 20.6. The van der Waals surface area contributed by atoms with Gasteiger partial charge >= 0.3 is 0 Å². The third kappa shape index (κ3) is 2.21. The maximum atomic E-state index is 13.6. The summed E-state index contributed by atoms with van der Waals surface area (Å²) < 4.78 is 54.2. The van der Waals surface area contributed by atoms with Gasteiger partial charge in [-0.3, -0.25) is 0 Å². The van der Waals surface area contributed by atoms with Gasteiger partial charge in [0.05, 0.1) is 0 Å². The molecule has 0 saturated heterocycles. The number of nitrogens with zero attached hydrogens (tertiary/aromatic N) is 8. The van der Waals surface area contributed by atoms with E-state index in [2.05, 4.69) is 39.9 Å². The van der Waals surface area contributed by atoms with Gasteiger partial charge in [-0.05, 0) is 0 Å². The second-order valence-corrected chi connectivity index (χ2v) is 6.29. The highest BCUT2D eigenvalue weighted by molar-refractivity contribution is 6.21. The van der Waals surface area contributed by atoms with E-state index in [-0.39, 0.29) is 44.7 Å². The van der Waals surface area contributed by atoms with Gasteiger partial charge in [0, 0.05) is 10.8 Å². The number of fused-ring (bicyclic) bond motifs is 8. The maximum Gasteiger partial charge on any atom is 0.270 e. The Balaban J connectivity index is 1.89. The second kappa shape index (κ2) is 5.65. The summed E-state index contributed by atoms with van der Waals surface area (Å²) in [6.45, 7) is 0. The van der Waals surface area contributed by atoms with E-state index in [0.717, 1.165) is 0 Å². The number of aromatic nitrogens is 8. The molecule has 0 N–H and O–H groups in total. The fraction of sp³-hybridized carbons (Fsp3) is 0. The molecule has 0 saturated carbocycles. The monoisotopic (exact) mass is 408 g/mol. The lowest BCUT2D eigenvalue weighted by atomic mass is 10.1. The molecule has 0 aliphatic carbocycles. The van der Waals surface area contributed by atoms with Crippen LogP contribution < -0.4 is 0 Å². The lowest BCUT2D eigenvalue weighted by molar-refractivity contribution is 0.458. The van der Waals surface area contributed by atoms with Gasteiger partial charge in [-0.15, -0.1) is 0 Å². The van der Waals surface area contributed by atoms with E-state index in [9.17, 15) is 17.6 Å². The van der Waals surface area contributed by atoms with Crippen molar-refractivity contribution in [3.63, 3.8) is 0 Å². The Labute approximate surface area is 161 Å². The van der Waals surface area contributed by atoms with Crippen molar-refractivity contribution in [2.75, 3.05) is 0 Å². The van der Waals surface area contributed by atoms with Gasteiger partial charge in [0.1, 0.15) is 22.1 Å². The van der Waals surface area contributed by atoms with Crippen LogP contribution in [-0.4, -0.2) is 39.9 Å². The summed E-state index contributed by atoms with van der Waals surface area (Å²) in [4.78, 5) is 30.9. The molecule has 2 aromatic carbocycles. The molecule has 8 nitrogen and oxygen atoms in total. The average molecular weight is 408 g/mol. The summed E-state index contributed by atoms with van der Waals surface area (Å²) in [7, 11) is 0. The van der Waals surface area contributed by atoms with Gasteiger partial charge in [0.25, 0.3) is 23.8 Å². The second-order valence-electron chi connectivity index (χ2n) is 6.29. The van der Waals surface area contributed by atoms with Crippen LogP contribution in [0, 0.1) is 23.8 Å². The van der Waals surface area contributed by atoms with Crippen molar-refractivity contribution < 1.29 is 17.6 Å². The Morgan fingerprint density at radius 1 is 0.400 bits per heavy atom. The molecule has 144 valence electrons. The molecule has 0 atom stereocenters. The average Bonchev–Trinajstić information content (AvgIpc) is 2.74. The normalized spacial score (nSPS) is 12.0. The maximum absolute atomic E-state index is 13.6. The van der Waals surface area contributed by atoms with E-state index >= 15 is 0 Å². The molecule has 0 spiro atoms. The SMILES string of the molecule is Fc1nc2nc3c4ccccc4c4nc5nc(F)c(F)nc5nc4c3nc2nc1F. The number of rotatable bonds is 0. The predicted molar refractivity (Wildman–Crippen MR) is 96.2 cm³/mol. The van der Waals surface area contributed by atoms with E-state index in [0.29, 0.717) is 10.8 Å². The summed E-state index contributed by atoms with van der Waals surface area (Å²) in [6, 6.07) is 6.90. The largest absolute Gasteiger partial charge is 0.270 e. The van der Waals surface area contributed by atoms with Gasteiger partial charge in [-0.1, -0.05) is 24.3 Å². The first-order chi connectivity index (χ1) is 14.5. The quantitative estimate of drug-likeness (QED) is 0.215. The third-order valence-electron chi connectivity index (χ3n) is 4.54. The number of halogens is 4. The number of hydrogen-bond acceptors (Lipinski definition) is 8. The molecule has 0 aliphatic rings. The highest BCUT2D eigenvalue weighted by atomic mass is 19.2. The fourth-order valence-corrected chi connectivity index (χ4v) is 3.29. The van der Waals surface area contributed by atoms with Crippen LogP contribution in [0.25, 0.3) is 55.4 Å². The molecular weight excluding hydrogens is 404 g/mol. The first-order valence-corrected chi connectivity index (χ1v) is 8.41. The van der Waals surface area contributed by atoms with Crippen molar-refractivity contribution in [2.45, 2.75) is 0 Å². The minimum atomic E-state index is -1.43. The number of hydrogen-bond donors (Lipinski definition) is 0. The summed E-state index contributed by atoms with van der Waals surface area (Å²) >= 11 is 0. The molecule has 30 heavy (non-hydrogen) atoms. The number of benzene rings is 2. The lowest BCUT2D eigenvalue weighted by Crippen LogP contribution is -2.03. The smallest absolute Gasteiger partial charge is 0.223 e. The van der Waals surface area contributed by atoms with Crippen LogP contribution in [0.1, 0.15) is 0 Å². The lowest BCUT2D eigenvalue weighted by Gasteiger charge is -2.09. The zero-order valence-corrected chi connectivity index (χ0v) is 14.4. The minimum absolute atomic E-state index is 0.137. The van der Waals surface area contributed by atoms with E-state index in [4.69, 9.17) is 0 Å². The molecular formula is C18H4F4N8. The Hall–Kier alpha value is -4.22. The van der Waals surface area contributed by atoms with Crippen molar-refractivity contribution in [1.29, 1.82) is 0 Å². The fourth-order valence-electron chi connectivity index (χ4n) is 3.29. The predicted octanol–water partition coefficient (Wildman–Crippen LogP) is 3.17. The van der Waals surface area contributed by atoms with Crippen LogP contribution in [-0.2, 0) is 0 Å². The summed E-state index contributed by atoms with van der Waals surface area (Å²) in [5.74, 6) is -5.66. The van der Waals surface area contributed by atoms with Crippen molar-refractivity contribution >= 4 is 55.4 Å². The summed E-state index contributed by atoms with van der Waals surface area (Å²) in [5.41, 5.74) is -0.0901. The Morgan fingerprint density at radius 3 is 1.03 bits per heavy atom. The molecule has 6 aromatic rings. The van der Waals surface area contributed by atoms with E-state index in [1.165, 1.54) is 0 Å².